The van der Waals surface area contributed by atoms with Crippen LogP contribution in [0, 0.1) is 18.3 Å². The zero-order valence-electron chi connectivity index (χ0n) is 20.9. The topological polar surface area (TPSA) is 95.7 Å². The normalized spacial score (nSPS) is 24.4. The Morgan fingerprint density at radius 1 is 1.08 bits per heavy atom. The third kappa shape index (κ3) is 4.29. The van der Waals surface area contributed by atoms with Crippen molar-refractivity contribution in [3.05, 3.63) is 83.6 Å². The number of nitrogens with zero attached hydrogens (tertiary/aromatic N) is 5. The van der Waals surface area contributed by atoms with Gasteiger partial charge in [-0.2, -0.15) is 0 Å². The zero-order valence-corrected chi connectivity index (χ0v) is 20.9. The van der Waals surface area contributed by atoms with Gasteiger partial charge in [0.05, 0.1) is 17.8 Å². The molecule has 190 valence electrons. The Kier molecular flexibility index (Phi) is 5.41. The van der Waals surface area contributed by atoms with Gasteiger partial charge in [0, 0.05) is 42.9 Å². The Morgan fingerprint density at radius 2 is 1.97 bits per heavy atom. The molecule has 38 heavy (non-hydrogen) atoms. The molecule has 7 rings (SSSR count). The molecule has 3 fully saturated rings. The number of carbonyl (C=O) groups is 1. The number of aliphatic hydroxyl groups is 1. The summed E-state index contributed by atoms with van der Waals surface area (Å²) in [5.74, 6) is 4.43. The van der Waals surface area contributed by atoms with Crippen molar-refractivity contribution < 1.29 is 9.90 Å². The molecule has 0 bridgehead atoms. The molecular formula is C30H28N6O2. The van der Waals surface area contributed by atoms with Gasteiger partial charge in [-0.25, -0.2) is 15.0 Å². The Bertz CT molecular complexity index is 1590. The summed E-state index contributed by atoms with van der Waals surface area (Å²) in [7, 11) is 0. The molecular weight excluding hydrogens is 476 g/mol. The van der Waals surface area contributed by atoms with Gasteiger partial charge in [-0.15, -0.1) is 6.42 Å². The van der Waals surface area contributed by atoms with Crippen molar-refractivity contribution in [1.29, 1.82) is 0 Å². The average molecular weight is 505 g/mol. The molecule has 2 unspecified atom stereocenters. The largest absolute Gasteiger partial charge is 0.391 e. The molecule has 2 N–H and O–H groups in total. The van der Waals surface area contributed by atoms with Crippen LogP contribution in [-0.4, -0.2) is 43.0 Å². The van der Waals surface area contributed by atoms with E-state index in [1.165, 1.54) is 24.7 Å². The van der Waals surface area contributed by atoms with Crippen molar-refractivity contribution in [2.75, 3.05) is 16.8 Å². The molecule has 1 aromatic carbocycles. The van der Waals surface area contributed by atoms with Crippen LogP contribution in [0.2, 0.25) is 0 Å². The first-order valence-electron chi connectivity index (χ1n) is 13.2. The molecule has 8 heteroatoms. The highest BCUT2D eigenvalue weighted by molar-refractivity contribution is 5.94. The van der Waals surface area contributed by atoms with Crippen LogP contribution in [0.4, 0.5) is 11.6 Å². The quantitative estimate of drug-likeness (QED) is 0.385. The van der Waals surface area contributed by atoms with Gasteiger partial charge >= 0.3 is 0 Å². The summed E-state index contributed by atoms with van der Waals surface area (Å²) in [5, 5.41) is 13.5. The molecule has 0 spiro atoms. The standard InChI is InChI=1S/C30H28N6O2/c1-2-18-4-3-5-20(10-18)23-12-24(23)30(38)34-27-13-29(32-17-31-27)36-15-22(37)11-26(36)25-16-35-14-21(19-6-7-19)8-9-28(35)33-25/h1,3-5,8-10,13-14,16-17,19,22-24,26,37H,6-7,11-12,15H2,(H,31,32,34,38)/t22-,23?,24?,26+/m0/s1. The number of aliphatic hydroxyl groups excluding tert-OH is 1. The molecule has 3 aliphatic rings. The van der Waals surface area contributed by atoms with E-state index in [0.717, 1.165) is 28.9 Å². The molecule has 4 heterocycles. The fourth-order valence-corrected chi connectivity index (χ4v) is 5.70. The number of hydrogen-bond acceptors (Lipinski definition) is 6. The first kappa shape index (κ1) is 22.9. The van der Waals surface area contributed by atoms with Gasteiger partial charge in [-0.3, -0.25) is 4.79 Å². The number of nitrogens with one attached hydrogen (secondary N) is 1. The van der Waals surface area contributed by atoms with Crippen molar-refractivity contribution in [2.45, 2.75) is 49.7 Å². The van der Waals surface area contributed by atoms with Gasteiger partial charge in [0.25, 0.3) is 0 Å². The molecule has 8 nitrogen and oxygen atoms in total. The number of benzene rings is 1. The summed E-state index contributed by atoms with van der Waals surface area (Å²) in [6, 6.07) is 13.7. The van der Waals surface area contributed by atoms with Crippen LogP contribution in [-0.2, 0) is 4.79 Å². The molecule has 4 atom stereocenters. The molecule has 2 aliphatic carbocycles. The lowest BCUT2D eigenvalue weighted by Crippen LogP contribution is -2.26. The van der Waals surface area contributed by atoms with Crippen LogP contribution < -0.4 is 10.2 Å². The van der Waals surface area contributed by atoms with Gasteiger partial charge in [-0.1, -0.05) is 24.1 Å². The summed E-state index contributed by atoms with van der Waals surface area (Å²) in [4.78, 5) is 28.7. The van der Waals surface area contributed by atoms with Crippen LogP contribution in [0.5, 0.6) is 0 Å². The first-order valence-corrected chi connectivity index (χ1v) is 13.2. The minimum Gasteiger partial charge on any atom is -0.391 e. The van der Waals surface area contributed by atoms with Crippen molar-refractivity contribution in [3.8, 4) is 12.3 Å². The van der Waals surface area contributed by atoms with E-state index in [1.54, 1.807) is 6.07 Å². The molecule has 3 aromatic heterocycles. The number of amides is 1. The van der Waals surface area contributed by atoms with Crippen LogP contribution in [0.1, 0.15) is 65.9 Å². The number of hydrogen-bond donors (Lipinski definition) is 2. The number of pyridine rings is 1. The highest BCUT2D eigenvalue weighted by Gasteiger charge is 2.44. The highest BCUT2D eigenvalue weighted by Crippen LogP contribution is 2.48. The number of aromatic nitrogens is 4. The average Bonchev–Trinajstić information content (AvgIpc) is 3.86. The second-order valence-electron chi connectivity index (χ2n) is 10.7. The van der Waals surface area contributed by atoms with E-state index in [-0.39, 0.29) is 23.8 Å². The van der Waals surface area contributed by atoms with Crippen LogP contribution in [0.3, 0.4) is 0 Å². The van der Waals surface area contributed by atoms with Gasteiger partial charge < -0.3 is 19.7 Å². The van der Waals surface area contributed by atoms with Crippen LogP contribution >= 0.6 is 0 Å². The molecule has 4 aromatic rings. The van der Waals surface area contributed by atoms with Crippen LogP contribution in [0.25, 0.3) is 5.65 Å². The molecule has 1 saturated heterocycles. The number of imidazole rings is 1. The predicted molar refractivity (Wildman–Crippen MR) is 144 cm³/mol. The Morgan fingerprint density at radius 3 is 2.82 bits per heavy atom. The maximum absolute atomic E-state index is 13.0. The third-order valence-electron chi connectivity index (χ3n) is 7.97. The second-order valence-corrected chi connectivity index (χ2v) is 10.7. The van der Waals surface area contributed by atoms with E-state index in [9.17, 15) is 9.90 Å². The van der Waals surface area contributed by atoms with Gasteiger partial charge in [0.2, 0.25) is 5.91 Å². The SMILES string of the molecule is C#Cc1cccc(C2CC2C(=O)Nc2cc(N3C[C@@H](O)C[C@@H]3c3cn4cc(C5CC5)ccc4n3)ncn2)c1. The summed E-state index contributed by atoms with van der Waals surface area (Å²) < 4.78 is 2.09. The van der Waals surface area contributed by atoms with E-state index >= 15 is 0 Å². The summed E-state index contributed by atoms with van der Waals surface area (Å²) in [6.07, 6.45) is 14.6. The number of β-amino-alcohol motifs (C(OH)–C–C–N with tert-alkyl or cyclic N) is 1. The Labute approximate surface area is 220 Å². The van der Waals surface area contributed by atoms with Crippen molar-refractivity contribution >= 4 is 23.2 Å². The van der Waals surface area contributed by atoms with Crippen molar-refractivity contribution in [1.82, 2.24) is 19.4 Å². The van der Waals surface area contributed by atoms with Crippen molar-refractivity contribution in [3.63, 3.8) is 0 Å². The lowest BCUT2D eigenvalue weighted by Gasteiger charge is -2.24. The maximum Gasteiger partial charge on any atom is 0.229 e. The molecule has 0 radical (unpaired) electrons. The summed E-state index contributed by atoms with van der Waals surface area (Å²) in [5.41, 5.74) is 5.06. The number of fused-ring (bicyclic) bond motifs is 1. The Balaban J connectivity index is 1.08. The number of terminal acetylenes is 1. The third-order valence-corrected chi connectivity index (χ3v) is 7.97. The number of carbonyl (C=O) groups excluding carboxylic acids is 1. The van der Waals surface area contributed by atoms with E-state index in [0.29, 0.717) is 30.5 Å². The fourth-order valence-electron chi connectivity index (χ4n) is 5.70. The van der Waals surface area contributed by atoms with E-state index in [4.69, 9.17) is 11.4 Å². The van der Waals surface area contributed by atoms with Crippen molar-refractivity contribution in [2.24, 2.45) is 5.92 Å². The van der Waals surface area contributed by atoms with Gasteiger partial charge in [-0.05, 0) is 60.4 Å². The first-order chi connectivity index (χ1) is 18.6. The van der Waals surface area contributed by atoms with Gasteiger partial charge in [0.1, 0.15) is 23.6 Å². The van der Waals surface area contributed by atoms with Gasteiger partial charge in [0.15, 0.2) is 0 Å². The minimum absolute atomic E-state index is 0.0596. The van der Waals surface area contributed by atoms with Crippen LogP contribution in [0.15, 0.2) is 61.2 Å². The van der Waals surface area contributed by atoms with E-state index in [1.807, 2.05) is 24.3 Å². The maximum atomic E-state index is 13.0. The molecule has 1 amide bonds. The second kappa shape index (κ2) is 8.96. The zero-order chi connectivity index (χ0) is 25.8. The lowest BCUT2D eigenvalue weighted by molar-refractivity contribution is -0.117. The predicted octanol–water partition coefficient (Wildman–Crippen LogP) is 4.04. The molecule has 2 saturated carbocycles. The lowest BCUT2D eigenvalue weighted by atomic mass is 10.1. The summed E-state index contributed by atoms with van der Waals surface area (Å²) >= 11 is 0. The molecule has 1 aliphatic heterocycles. The van der Waals surface area contributed by atoms with E-state index < -0.39 is 6.10 Å². The minimum atomic E-state index is -0.495. The monoisotopic (exact) mass is 504 g/mol. The smallest absolute Gasteiger partial charge is 0.229 e. The summed E-state index contributed by atoms with van der Waals surface area (Å²) in [6.45, 7) is 0.437. The van der Waals surface area contributed by atoms with E-state index in [2.05, 4.69) is 55.0 Å². The highest BCUT2D eigenvalue weighted by atomic mass is 16.3. The number of rotatable bonds is 6. The fraction of sp³-hybridized carbons (Fsp3) is 0.333. The number of anilines is 2. The Hall–Kier alpha value is -4.22.